The van der Waals surface area contributed by atoms with E-state index in [1.807, 2.05) is 24.3 Å². The van der Waals surface area contributed by atoms with Crippen LogP contribution in [0.15, 0.2) is 24.3 Å². The number of piperazine rings is 2. The number of hydrogen-bond acceptors (Lipinski definition) is 5. The van der Waals surface area contributed by atoms with Gasteiger partial charge in [0.2, 0.25) is 23.6 Å². The zero-order valence-electron chi connectivity index (χ0n) is 18.6. The summed E-state index contributed by atoms with van der Waals surface area (Å²) >= 11 is 0. The Morgan fingerprint density at radius 1 is 1.03 bits per heavy atom. The molecule has 1 aromatic rings. The van der Waals surface area contributed by atoms with E-state index in [4.69, 9.17) is 4.74 Å². The summed E-state index contributed by atoms with van der Waals surface area (Å²) in [5.74, 6) is 0.335. The Balaban J connectivity index is 1.36. The highest BCUT2D eigenvalue weighted by atomic mass is 16.5. The molecule has 3 saturated heterocycles. The lowest BCUT2D eigenvalue weighted by atomic mass is 9.93. The molecule has 1 aromatic carbocycles. The third-order valence-corrected chi connectivity index (χ3v) is 6.78. The second-order valence-electron chi connectivity index (χ2n) is 8.73. The molecule has 3 fully saturated rings. The quantitative estimate of drug-likeness (QED) is 0.710. The molecule has 1 N–H and O–H groups in total. The third kappa shape index (κ3) is 4.42. The maximum atomic E-state index is 13.1. The van der Waals surface area contributed by atoms with Gasteiger partial charge >= 0.3 is 0 Å². The molecule has 0 unspecified atom stereocenters. The topological polar surface area (TPSA) is 99.3 Å². The molecule has 3 aliphatic heterocycles. The number of nitrogens with zero attached hydrogens (tertiary/aromatic N) is 3. The summed E-state index contributed by atoms with van der Waals surface area (Å²) < 4.78 is 5.16. The number of carbonyl (C=O) groups excluding carboxylic acids is 4. The summed E-state index contributed by atoms with van der Waals surface area (Å²) in [6, 6.07) is 6.18. The number of benzene rings is 1. The SMILES string of the molecule is COc1ccc(C[C@@H]2NC(=O)[C@H]3CN(C(=O)C4CCN(C(C)=O)CC4)CCN3C2=O)cc1. The molecule has 9 heteroatoms. The van der Waals surface area contributed by atoms with Crippen LogP contribution < -0.4 is 10.1 Å². The first kappa shape index (κ1) is 22.1. The number of rotatable bonds is 4. The first-order chi connectivity index (χ1) is 15.4. The van der Waals surface area contributed by atoms with Crippen LogP contribution in [0.2, 0.25) is 0 Å². The van der Waals surface area contributed by atoms with E-state index in [1.165, 1.54) is 0 Å². The fourth-order valence-corrected chi connectivity index (χ4v) is 4.84. The minimum Gasteiger partial charge on any atom is -0.497 e. The molecule has 3 heterocycles. The van der Waals surface area contributed by atoms with Gasteiger partial charge in [0, 0.05) is 45.4 Å². The summed E-state index contributed by atoms with van der Waals surface area (Å²) in [5.41, 5.74) is 0.939. The van der Waals surface area contributed by atoms with E-state index in [2.05, 4.69) is 5.32 Å². The lowest BCUT2D eigenvalue weighted by Gasteiger charge is -2.46. The average Bonchev–Trinajstić information content (AvgIpc) is 2.82. The van der Waals surface area contributed by atoms with Crippen LogP contribution in [0.3, 0.4) is 0 Å². The van der Waals surface area contributed by atoms with Gasteiger partial charge in [-0.25, -0.2) is 0 Å². The molecule has 0 spiro atoms. The maximum absolute atomic E-state index is 13.1. The molecule has 32 heavy (non-hydrogen) atoms. The Morgan fingerprint density at radius 2 is 1.72 bits per heavy atom. The molecule has 0 radical (unpaired) electrons. The Kier molecular flexibility index (Phi) is 6.34. The van der Waals surface area contributed by atoms with Crippen LogP contribution in [0, 0.1) is 5.92 Å². The summed E-state index contributed by atoms with van der Waals surface area (Å²) in [4.78, 5) is 55.5. The normalized spacial score (nSPS) is 24.1. The van der Waals surface area contributed by atoms with Crippen LogP contribution >= 0.6 is 0 Å². The van der Waals surface area contributed by atoms with Gasteiger partial charge < -0.3 is 24.8 Å². The maximum Gasteiger partial charge on any atom is 0.246 e. The number of nitrogens with one attached hydrogen (secondary N) is 1. The Labute approximate surface area is 187 Å². The van der Waals surface area contributed by atoms with Crippen LogP contribution in [0.25, 0.3) is 0 Å². The number of fused-ring (bicyclic) bond motifs is 1. The molecule has 172 valence electrons. The summed E-state index contributed by atoms with van der Waals surface area (Å²) in [6.07, 6.45) is 1.69. The van der Waals surface area contributed by atoms with Gasteiger partial charge in [-0.05, 0) is 30.5 Å². The van der Waals surface area contributed by atoms with Crippen molar-refractivity contribution in [1.82, 2.24) is 20.0 Å². The summed E-state index contributed by atoms with van der Waals surface area (Å²) in [7, 11) is 1.60. The molecule has 2 atom stereocenters. The fraction of sp³-hybridized carbons (Fsp3) is 0.565. The molecule has 9 nitrogen and oxygen atoms in total. The van der Waals surface area contributed by atoms with E-state index in [1.54, 1.807) is 28.7 Å². The number of carbonyl (C=O) groups is 4. The largest absolute Gasteiger partial charge is 0.497 e. The number of piperidine rings is 1. The van der Waals surface area contributed by atoms with Gasteiger partial charge in [-0.15, -0.1) is 0 Å². The molecule has 0 bridgehead atoms. The molecule has 3 aliphatic rings. The number of likely N-dealkylation sites (tertiary alicyclic amines) is 1. The van der Waals surface area contributed by atoms with Gasteiger partial charge in [0.25, 0.3) is 0 Å². The minimum absolute atomic E-state index is 0.0217. The highest BCUT2D eigenvalue weighted by Crippen LogP contribution is 2.24. The fourth-order valence-electron chi connectivity index (χ4n) is 4.84. The standard InChI is InChI=1S/C23H30N4O5/c1-15(28)25-9-7-17(8-10-25)22(30)26-11-12-27-20(14-26)21(29)24-19(23(27)31)13-16-3-5-18(32-2)6-4-16/h3-6,17,19-20H,7-14H2,1-2H3,(H,24,29)/t19-,20+/m0/s1. The van der Waals surface area contributed by atoms with Crippen molar-refractivity contribution in [1.29, 1.82) is 0 Å². The van der Waals surface area contributed by atoms with Crippen molar-refractivity contribution in [2.24, 2.45) is 5.92 Å². The van der Waals surface area contributed by atoms with Crippen LogP contribution in [0.4, 0.5) is 0 Å². The number of amides is 4. The van der Waals surface area contributed by atoms with Gasteiger partial charge in [0.15, 0.2) is 0 Å². The Morgan fingerprint density at radius 3 is 2.34 bits per heavy atom. The van der Waals surface area contributed by atoms with Crippen LogP contribution in [0.5, 0.6) is 5.75 Å². The molecule has 4 amide bonds. The second kappa shape index (κ2) is 9.18. The zero-order chi connectivity index (χ0) is 22.8. The smallest absolute Gasteiger partial charge is 0.246 e. The predicted molar refractivity (Wildman–Crippen MR) is 116 cm³/mol. The van der Waals surface area contributed by atoms with Crippen molar-refractivity contribution in [2.75, 3.05) is 39.8 Å². The van der Waals surface area contributed by atoms with E-state index >= 15 is 0 Å². The summed E-state index contributed by atoms with van der Waals surface area (Å²) in [5, 5.41) is 2.86. The van der Waals surface area contributed by atoms with Crippen LogP contribution in [0.1, 0.15) is 25.3 Å². The first-order valence-corrected chi connectivity index (χ1v) is 11.2. The van der Waals surface area contributed by atoms with Crippen molar-refractivity contribution in [3.8, 4) is 5.75 Å². The average molecular weight is 443 g/mol. The predicted octanol–water partition coefficient (Wildman–Crippen LogP) is 0.0340. The van der Waals surface area contributed by atoms with Crippen molar-refractivity contribution in [2.45, 2.75) is 38.3 Å². The minimum atomic E-state index is -0.648. The lowest BCUT2D eigenvalue weighted by Crippen LogP contribution is -2.70. The van der Waals surface area contributed by atoms with E-state index < -0.39 is 12.1 Å². The van der Waals surface area contributed by atoms with Crippen LogP contribution in [-0.2, 0) is 25.6 Å². The van der Waals surface area contributed by atoms with Crippen molar-refractivity contribution in [3.63, 3.8) is 0 Å². The van der Waals surface area contributed by atoms with E-state index in [-0.39, 0.29) is 36.1 Å². The Hall–Kier alpha value is -3.10. The lowest BCUT2D eigenvalue weighted by molar-refractivity contribution is -0.157. The number of hydrogen-bond donors (Lipinski definition) is 1. The Bertz CT molecular complexity index is 894. The van der Waals surface area contributed by atoms with Gasteiger partial charge in [0.1, 0.15) is 17.8 Å². The molecule has 0 aromatic heterocycles. The number of ether oxygens (including phenoxy) is 1. The van der Waals surface area contributed by atoms with E-state index in [0.29, 0.717) is 45.4 Å². The first-order valence-electron chi connectivity index (χ1n) is 11.2. The van der Waals surface area contributed by atoms with Crippen molar-refractivity contribution >= 4 is 23.6 Å². The van der Waals surface area contributed by atoms with E-state index in [0.717, 1.165) is 11.3 Å². The second-order valence-corrected chi connectivity index (χ2v) is 8.73. The van der Waals surface area contributed by atoms with Crippen molar-refractivity contribution in [3.05, 3.63) is 29.8 Å². The van der Waals surface area contributed by atoms with Gasteiger partial charge in [-0.2, -0.15) is 0 Å². The van der Waals surface area contributed by atoms with Crippen molar-refractivity contribution < 1.29 is 23.9 Å². The van der Waals surface area contributed by atoms with Gasteiger partial charge in [0.05, 0.1) is 13.7 Å². The molecule has 0 saturated carbocycles. The molecular weight excluding hydrogens is 412 g/mol. The molecular formula is C23H30N4O5. The highest BCUT2D eigenvalue weighted by molar-refractivity contribution is 5.98. The zero-order valence-corrected chi connectivity index (χ0v) is 18.6. The van der Waals surface area contributed by atoms with Gasteiger partial charge in [-0.3, -0.25) is 19.2 Å². The third-order valence-electron chi connectivity index (χ3n) is 6.78. The van der Waals surface area contributed by atoms with E-state index in [9.17, 15) is 19.2 Å². The van der Waals surface area contributed by atoms with Gasteiger partial charge in [-0.1, -0.05) is 12.1 Å². The monoisotopic (exact) mass is 442 g/mol. The molecule has 0 aliphatic carbocycles. The highest BCUT2D eigenvalue weighted by Gasteiger charge is 2.45. The molecule has 4 rings (SSSR count). The summed E-state index contributed by atoms with van der Waals surface area (Å²) in [6.45, 7) is 3.72. The number of methoxy groups -OCH3 is 1. The van der Waals surface area contributed by atoms with Crippen LogP contribution in [-0.4, -0.2) is 90.2 Å².